The Morgan fingerprint density at radius 1 is 1.09 bits per heavy atom. The highest BCUT2D eigenvalue weighted by Crippen LogP contribution is 2.32. The summed E-state index contributed by atoms with van der Waals surface area (Å²) in [6, 6.07) is 14.5. The Bertz CT molecular complexity index is 1120. The molecule has 3 aromatic rings. The van der Waals surface area contributed by atoms with E-state index < -0.39 is 0 Å². The van der Waals surface area contributed by atoms with Crippen molar-refractivity contribution in [1.82, 2.24) is 19.7 Å². The smallest absolute Gasteiger partial charge is 0.233 e. The molecule has 2 heterocycles. The van der Waals surface area contributed by atoms with Gasteiger partial charge >= 0.3 is 0 Å². The maximum absolute atomic E-state index is 13.1. The van der Waals surface area contributed by atoms with Crippen molar-refractivity contribution in [1.29, 1.82) is 0 Å². The first-order chi connectivity index (χ1) is 15.3. The first kappa shape index (κ1) is 22.9. The second kappa shape index (κ2) is 9.67. The van der Waals surface area contributed by atoms with E-state index in [2.05, 4.69) is 60.7 Å². The zero-order chi connectivity index (χ0) is 22.8. The number of carbonyl (C=O) groups excluding carboxylic acids is 1. The molecule has 0 radical (unpaired) electrons. The summed E-state index contributed by atoms with van der Waals surface area (Å²) in [5.41, 5.74) is 4.17. The lowest BCUT2D eigenvalue weighted by molar-refractivity contribution is -0.134. The highest BCUT2D eigenvalue weighted by Gasteiger charge is 2.29. The molecule has 0 spiro atoms. The first-order valence-electron chi connectivity index (χ1n) is 11.1. The number of likely N-dealkylation sites (tertiary alicyclic amines) is 1. The lowest BCUT2D eigenvalue weighted by atomic mass is 9.98. The standard InChI is InChI=1S/C25H29ClN4OS/c1-16-11-12-17(2)22(13-16)30-24(20-9-6-10-21(26)14-20)27-28-25(30)32-15-23(31)29-18(3)7-5-8-19(29)4/h6,9-14,18-19H,5,7-8,15H2,1-4H3/t18-,19+. The van der Waals surface area contributed by atoms with Crippen LogP contribution in [0.3, 0.4) is 0 Å². The lowest BCUT2D eigenvalue weighted by Crippen LogP contribution is -2.48. The van der Waals surface area contributed by atoms with Crippen LogP contribution in [-0.2, 0) is 4.79 Å². The molecule has 0 unspecified atom stereocenters. The monoisotopic (exact) mass is 468 g/mol. The minimum atomic E-state index is 0.162. The molecule has 32 heavy (non-hydrogen) atoms. The van der Waals surface area contributed by atoms with E-state index in [9.17, 15) is 4.79 Å². The van der Waals surface area contributed by atoms with Crippen molar-refractivity contribution >= 4 is 29.3 Å². The summed E-state index contributed by atoms with van der Waals surface area (Å²) in [7, 11) is 0. The van der Waals surface area contributed by atoms with Gasteiger partial charge < -0.3 is 4.90 Å². The van der Waals surface area contributed by atoms with Crippen molar-refractivity contribution in [3.05, 3.63) is 58.6 Å². The fourth-order valence-electron chi connectivity index (χ4n) is 4.47. The summed E-state index contributed by atoms with van der Waals surface area (Å²) in [6.07, 6.45) is 3.32. The molecule has 1 fully saturated rings. The van der Waals surface area contributed by atoms with Gasteiger partial charge in [-0.2, -0.15) is 0 Å². The number of aryl methyl sites for hydroxylation is 2. The van der Waals surface area contributed by atoms with Crippen molar-refractivity contribution in [3.63, 3.8) is 0 Å². The molecule has 2 atom stereocenters. The van der Waals surface area contributed by atoms with Crippen LogP contribution in [0, 0.1) is 13.8 Å². The third-order valence-electron chi connectivity index (χ3n) is 6.13. The van der Waals surface area contributed by atoms with E-state index in [1.807, 2.05) is 29.2 Å². The third-order valence-corrected chi connectivity index (χ3v) is 7.28. The molecule has 0 bridgehead atoms. The zero-order valence-corrected chi connectivity index (χ0v) is 20.6. The maximum Gasteiger partial charge on any atom is 0.233 e. The molecule has 5 nitrogen and oxygen atoms in total. The van der Waals surface area contributed by atoms with Crippen LogP contribution in [0.4, 0.5) is 0 Å². The molecule has 168 valence electrons. The normalized spacial score (nSPS) is 18.7. The Morgan fingerprint density at radius 2 is 1.84 bits per heavy atom. The lowest BCUT2D eigenvalue weighted by Gasteiger charge is -2.39. The number of benzene rings is 2. The topological polar surface area (TPSA) is 51.0 Å². The van der Waals surface area contributed by atoms with Crippen LogP contribution in [-0.4, -0.2) is 43.4 Å². The highest BCUT2D eigenvalue weighted by molar-refractivity contribution is 7.99. The molecule has 0 saturated carbocycles. The van der Waals surface area contributed by atoms with Crippen LogP contribution >= 0.6 is 23.4 Å². The molecule has 1 amide bonds. The molecular weight excluding hydrogens is 440 g/mol. The van der Waals surface area contributed by atoms with E-state index in [1.54, 1.807) is 0 Å². The van der Waals surface area contributed by atoms with E-state index in [1.165, 1.54) is 18.2 Å². The number of amides is 1. The van der Waals surface area contributed by atoms with E-state index in [4.69, 9.17) is 11.6 Å². The van der Waals surface area contributed by atoms with Gasteiger partial charge in [0.25, 0.3) is 0 Å². The number of rotatable bonds is 5. The summed E-state index contributed by atoms with van der Waals surface area (Å²) in [5, 5.41) is 10.3. The minimum absolute atomic E-state index is 0.162. The van der Waals surface area contributed by atoms with Crippen molar-refractivity contribution in [2.45, 2.75) is 64.2 Å². The van der Waals surface area contributed by atoms with Gasteiger partial charge in [0.1, 0.15) is 0 Å². The Balaban J connectivity index is 1.69. The second-order valence-corrected chi connectivity index (χ2v) is 10.0. The van der Waals surface area contributed by atoms with E-state index in [-0.39, 0.29) is 18.0 Å². The van der Waals surface area contributed by atoms with Gasteiger partial charge in [0, 0.05) is 22.7 Å². The van der Waals surface area contributed by atoms with E-state index in [0.717, 1.165) is 41.0 Å². The van der Waals surface area contributed by atoms with Crippen molar-refractivity contribution in [2.75, 3.05) is 5.75 Å². The number of aromatic nitrogens is 3. The number of hydrogen-bond acceptors (Lipinski definition) is 4. The van der Waals surface area contributed by atoms with Gasteiger partial charge in [0.15, 0.2) is 11.0 Å². The molecule has 1 aliphatic rings. The molecule has 7 heteroatoms. The molecule has 1 aromatic heterocycles. The average molecular weight is 469 g/mol. The Kier molecular flexibility index (Phi) is 6.91. The van der Waals surface area contributed by atoms with Crippen LogP contribution in [0.25, 0.3) is 17.1 Å². The molecular formula is C25H29ClN4OS. The third kappa shape index (κ3) is 4.71. The Hall–Kier alpha value is -2.31. The number of halogens is 1. The summed E-state index contributed by atoms with van der Waals surface area (Å²) in [5.74, 6) is 1.22. The predicted molar refractivity (Wildman–Crippen MR) is 132 cm³/mol. The molecule has 0 aliphatic carbocycles. The summed E-state index contributed by atoms with van der Waals surface area (Å²) in [6.45, 7) is 8.44. The van der Waals surface area contributed by atoms with Gasteiger partial charge in [0.05, 0.1) is 11.4 Å². The highest BCUT2D eigenvalue weighted by atomic mass is 35.5. The van der Waals surface area contributed by atoms with E-state index >= 15 is 0 Å². The maximum atomic E-state index is 13.1. The zero-order valence-electron chi connectivity index (χ0n) is 19.0. The van der Waals surface area contributed by atoms with Crippen LogP contribution in [0.15, 0.2) is 47.6 Å². The molecule has 4 rings (SSSR count). The number of piperidine rings is 1. The number of carbonyl (C=O) groups is 1. The largest absolute Gasteiger partial charge is 0.337 e. The van der Waals surface area contributed by atoms with Crippen molar-refractivity contribution in [2.24, 2.45) is 0 Å². The van der Waals surface area contributed by atoms with Crippen molar-refractivity contribution < 1.29 is 4.79 Å². The van der Waals surface area contributed by atoms with Crippen LogP contribution in [0.5, 0.6) is 0 Å². The SMILES string of the molecule is Cc1ccc(C)c(-n2c(SCC(=O)N3[C@H](C)CCC[C@@H]3C)nnc2-c2cccc(Cl)c2)c1. The fourth-order valence-corrected chi connectivity index (χ4v) is 5.47. The summed E-state index contributed by atoms with van der Waals surface area (Å²) >= 11 is 7.71. The van der Waals surface area contributed by atoms with Gasteiger partial charge in [-0.25, -0.2) is 0 Å². The van der Waals surface area contributed by atoms with Gasteiger partial charge in [-0.3, -0.25) is 9.36 Å². The fraction of sp³-hybridized carbons (Fsp3) is 0.400. The predicted octanol–water partition coefficient (Wildman–Crippen LogP) is 6.09. The first-order valence-corrected chi connectivity index (χ1v) is 12.4. The minimum Gasteiger partial charge on any atom is -0.337 e. The van der Waals surface area contributed by atoms with Gasteiger partial charge in [-0.15, -0.1) is 10.2 Å². The number of thioether (sulfide) groups is 1. The Labute approximate surface area is 199 Å². The van der Waals surface area contributed by atoms with Gasteiger partial charge in [-0.05, 0) is 76.3 Å². The van der Waals surface area contributed by atoms with Crippen LogP contribution in [0.1, 0.15) is 44.2 Å². The molecule has 2 aromatic carbocycles. The summed E-state index contributed by atoms with van der Waals surface area (Å²) in [4.78, 5) is 15.2. The molecule has 1 saturated heterocycles. The Morgan fingerprint density at radius 3 is 2.56 bits per heavy atom. The summed E-state index contributed by atoms with van der Waals surface area (Å²) < 4.78 is 2.05. The van der Waals surface area contributed by atoms with Crippen LogP contribution < -0.4 is 0 Å². The van der Waals surface area contributed by atoms with Crippen LogP contribution in [0.2, 0.25) is 5.02 Å². The van der Waals surface area contributed by atoms with Gasteiger partial charge in [0.2, 0.25) is 5.91 Å². The van der Waals surface area contributed by atoms with Crippen molar-refractivity contribution in [3.8, 4) is 17.1 Å². The van der Waals surface area contributed by atoms with E-state index in [0.29, 0.717) is 15.9 Å². The number of nitrogens with zero attached hydrogens (tertiary/aromatic N) is 4. The number of hydrogen-bond donors (Lipinski definition) is 0. The second-order valence-electron chi connectivity index (χ2n) is 8.66. The van der Waals surface area contributed by atoms with Gasteiger partial charge in [-0.1, -0.05) is 47.6 Å². The molecule has 0 N–H and O–H groups in total. The quantitative estimate of drug-likeness (QED) is 0.425. The average Bonchev–Trinajstić information content (AvgIpc) is 3.17. The molecule has 1 aliphatic heterocycles.